The fourth-order valence-electron chi connectivity index (χ4n) is 2.68. The number of carboxylic acid groups (broad SMARTS) is 1. The molecule has 0 bridgehead atoms. The number of aliphatic carboxylic acids is 1. The summed E-state index contributed by atoms with van der Waals surface area (Å²) in [5, 5.41) is 17.4. The van der Waals surface area contributed by atoms with E-state index in [1.165, 1.54) is 0 Å². The fraction of sp³-hybridized carbons (Fsp3) is 0.750. The molecule has 0 amide bonds. The van der Waals surface area contributed by atoms with Crippen molar-refractivity contribution in [2.24, 2.45) is 5.41 Å². The highest BCUT2D eigenvalue weighted by atomic mass is 16.4. The van der Waals surface area contributed by atoms with Crippen LogP contribution in [0.25, 0.3) is 0 Å². The number of rotatable bonds is 4. The lowest BCUT2D eigenvalue weighted by Crippen LogP contribution is -2.36. The molecule has 0 aromatic carbocycles. The van der Waals surface area contributed by atoms with Crippen molar-refractivity contribution >= 4 is 5.97 Å². The van der Waals surface area contributed by atoms with Crippen LogP contribution in [-0.2, 0) is 17.8 Å². The zero-order valence-corrected chi connectivity index (χ0v) is 10.2. The van der Waals surface area contributed by atoms with Gasteiger partial charge < -0.3 is 9.67 Å². The first kappa shape index (κ1) is 12.1. The Bertz CT molecular complexity index is 394. The molecule has 0 atom stereocenters. The third-order valence-electron chi connectivity index (χ3n) is 3.80. The van der Waals surface area contributed by atoms with Gasteiger partial charge in [-0.05, 0) is 19.8 Å². The third-order valence-corrected chi connectivity index (χ3v) is 3.80. The third kappa shape index (κ3) is 2.33. The molecule has 1 N–H and O–H groups in total. The zero-order chi connectivity index (χ0) is 12.3. The van der Waals surface area contributed by atoms with Crippen LogP contribution < -0.4 is 0 Å². The molecule has 5 nitrogen and oxygen atoms in total. The van der Waals surface area contributed by atoms with Crippen molar-refractivity contribution in [3.05, 3.63) is 12.2 Å². The Morgan fingerprint density at radius 1 is 1.47 bits per heavy atom. The van der Waals surface area contributed by atoms with Crippen LogP contribution in [0, 0.1) is 5.41 Å². The van der Waals surface area contributed by atoms with Gasteiger partial charge in [-0.25, -0.2) is 0 Å². The van der Waals surface area contributed by atoms with Crippen molar-refractivity contribution < 1.29 is 9.90 Å². The SMILES string of the molecule is CCn1cnnc1CC1(C(=O)O)CCCCC1. The van der Waals surface area contributed by atoms with E-state index in [1.807, 2.05) is 11.5 Å². The van der Waals surface area contributed by atoms with Crippen LogP contribution in [0.15, 0.2) is 6.33 Å². The van der Waals surface area contributed by atoms with Gasteiger partial charge in [0, 0.05) is 13.0 Å². The van der Waals surface area contributed by atoms with Crippen LogP contribution in [0.4, 0.5) is 0 Å². The van der Waals surface area contributed by atoms with Crippen molar-refractivity contribution in [3.8, 4) is 0 Å². The fourth-order valence-corrected chi connectivity index (χ4v) is 2.68. The van der Waals surface area contributed by atoms with E-state index in [-0.39, 0.29) is 0 Å². The summed E-state index contributed by atoms with van der Waals surface area (Å²) >= 11 is 0. The van der Waals surface area contributed by atoms with E-state index in [2.05, 4.69) is 10.2 Å². The Balaban J connectivity index is 2.20. The van der Waals surface area contributed by atoms with Crippen LogP contribution in [-0.4, -0.2) is 25.8 Å². The Morgan fingerprint density at radius 2 is 2.18 bits per heavy atom. The summed E-state index contributed by atoms with van der Waals surface area (Å²) in [7, 11) is 0. The highest BCUT2D eigenvalue weighted by Crippen LogP contribution is 2.39. The molecule has 0 aliphatic heterocycles. The van der Waals surface area contributed by atoms with Gasteiger partial charge in [-0.15, -0.1) is 10.2 Å². The van der Waals surface area contributed by atoms with E-state index in [4.69, 9.17) is 0 Å². The summed E-state index contributed by atoms with van der Waals surface area (Å²) in [6.07, 6.45) is 6.87. The molecule has 1 fully saturated rings. The van der Waals surface area contributed by atoms with Gasteiger partial charge in [-0.2, -0.15) is 0 Å². The van der Waals surface area contributed by atoms with E-state index < -0.39 is 11.4 Å². The number of nitrogens with zero attached hydrogens (tertiary/aromatic N) is 3. The normalized spacial score (nSPS) is 19.1. The molecule has 5 heteroatoms. The average molecular weight is 237 g/mol. The zero-order valence-electron chi connectivity index (χ0n) is 10.2. The average Bonchev–Trinajstić information content (AvgIpc) is 2.77. The van der Waals surface area contributed by atoms with Crippen molar-refractivity contribution in [2.45, 2.75) is 52.0 Å². The second-order valence-corrected chi connectivity index (χ2v) is 4.86. The maximum absolute atomic E-state index is 11.5. The molecule has 17 heavy (non-hydrogen) atoms. The monoisotopic (exact) mass is 237 g/mol. The summed E-state index contributed by atoms with van der Waals surface area (Å²) in [5.41, 5.74) is -0.613. The predicted molar refractivity (Wildman–Crippen MR) is 62.6 cm³/mol. The summed E-state index contributed by atoms with van der Waals surface area (Å²) in [6.45, 7) is 2.80. The molecule has 94 valence electrons. The van der Waals surface area contributed by atoms with Gasteiger partial charge in [0.15, 0.2) is 0 Å². The molecule has 1 aliphatic rings. The molecule has 1 aromatic heterocycles. The van der Waals surface area contributed by atoms with Gasteiger partial charge in [0.1, 0.15) is 12.2 Å². The largest absolute Gasteiger partial charge is 0.481 e. The molecule has 1 saturated carbocycles. The molecule has 0 saturated heterocycles. The van der Waals surface area contributed by atoms with Crippen molar-refractivity contribution in [1.82, 2.24) is 14.8 Å². The van der Waals surface area contributed by atoms with Crippen molar-refractivity contribution in [2.75, 3.05) is 0 Å². The van der Waals surface area contributed by atoms with Crippen LogP contribution in [0.3, 0.4) is 0 Å². The lowest BCUT2D eigenvalue weighted by atomic mass is 9.71. The maximum atomic E-state index is 11.5. The minimum absolute atomic E-state index is 0.510. The summed E-state index contributed by atoms with van der Waals surface area (Å²) in [4.78, 5) is 11.5. The highest BCUT2D eigenvalue weighted by molar-refractivity contribution is 5.75. The maximum Gasteiger partial charge on any atom is 0.310 e. The molecule has 1 aromatic rings. The van der Waals surface area contributed by atoms with E-state index >= 15 is 0 Å². The number of hydrogen-bond donors (Lipinski definition) is 1. The van der Waals surface area contributed by atoms with Gasteiger partial charge >= 0.3 is 5.97 Å². The number of hydrogen-bond acceptors (Lipinski definition) is 3. The van der Waals surface area contributed by atoms with E-state index in [1.54, 1.807) is 6.33 Å². The Hall–Kier alpha value is -1.39. The number of aryl methyl sites for hydroxylation is 1. The minimum atomic E-state index is -0.678. The second-order valence-electron chi connectivity index (χ2n) is 4.86. The Kier molecular flexibility index (Phi) is 3.45. The minimum Gasteiger partial charge on any atom is -0.481 e. The lowest BCUT2D eigenvalue weighted by molar-refractivity contribution is -0.151. The molecule has 1 aliphatic carbocycles. The van der Waals surface area contributed by atoms with Gasteiger partial charge in [0.2, 0.25) is 0 Å². The molecular formula is C12H19N3O2. The number of carboxylic acids is 1. The van der Waals surface area contributed by atoms with Crippen LogP contribution in [0.2, 0.25) is 0 Å². The second kappa shape index (κ2) is 4.85. The van der Waals surface area contributed by atoms with Gasteiger partial charge in [0.05, 0.1) is 5.41 Å². The number of carbonyl (C=O) groups is 1. The van der Waals surface area contributed by atoms with Crippen molar-refractivity contribution in [3.63, 3.8) is 0 Å². The summed E-state index contributed by atoms with van der Waals surface area (Å²) in [5.74, 6) is 0.125. The molecule has 2 rings (SSSR count). The summed E-state index contributed by atoms with van der Waals surface area (Å²) < 4.78 is 1.93. The van der Waals surface area contributed by atoms with Crippen molar-refractivity contribution in [1.29, 1.82) is 0 Å². The Morgan fingerprint density at radius 3 is 2.76 bits per heavy atom. The molecule has 1 heterocycles. The van der Waals surface area contributed by atoms with E-state index in [9.17, 15) is 9.90 Å². The van der Waals surface area contributed by atoms with E-state index in [0.29, 0.717) is 6.42 Å². The van der Waals surface area contributed by atoms with Gasteiger partial charge in [-0.3, -0.25) is 4.79 Å². The number of aromatic nitrogens is 3. The first-order valence-electron chi connectivity index (χ1n) is 6.28. The van der Waals surface area contributed by atoms with Crippen LogP contribution in [0.5, 0.6) is 0 Å². The topological polar surface area (TPSA) is 68.0 Å². The summed E-state index contributed by atoms with van der Waals surface area (Å²) in [6, 6.07) is 0. The quantitative estimate of drug-likeness (QED) is 0.868. The van der Waals surface area contributed by atoms with Gasteiger partial charge in [-0.1, -0.05) is 19.3 Å². The first-order chi connectivity index (χ1) is 8.18. The lowest BCUT2D eigenvalue weighted by Gasteiger charge is -2.32. The predicted octanol–water partition coefficient (Wildman–Crippen LogP) is 1.88. The molecule has 0 unspecified atom stereocenters. The standard InChI is InChI=1S/C12H19N3O2/c1-2-15-9-13-14-10(15)8-12(11(16)17)6-4-3-5-7-12/h9H,2-8H2,1H3,(H,16,17). The van der Waals surface area contributed by atoms with E-state index in [0.717, 1.165) is 44.5 Å². The highest BCUT2D eigenvalue weighted by Gasteiger charge is 2.40. The molecule has 0 spiro atoms. The smallest absolute Gasteiger partial charge is 0.310 e. The molecule has 0 radical (unpaired) electrons. The van der Waals surface area contributed by atoms with Gasteiger partial charge in [0.25, 0.3) is 0 Å². The first-order valence-corrected chi connectivity index (χ1v) is 6.28. The van der Waals surface area contributed by atoms with Crippen LogP contribution >= 0.6 is 0 Å². The Labute approximate surface area is 101 Å². The van der Waals surface area contributed by atoms with Crippen LogP contribution in [0.1, 0.15) is 44.9 Å². The molecular weight excluding hydrogens is 218 g/mol.